The van der Waals surface area contributed by atoms with Gasteiger partial charge in [0.25, 0.3) is 11.6 Å². The van der Waals surface area contributed by atoms with Crippen LogP contribution in [0.2, 0.25) is 0 Å². The van der Waals surface area contributed by atoms with Crippen LogP contribution in [0, 0.1) is 23.7 Å². The Kier molecular flexibility index (Phi) is 19.2. The summed E-state index contributed by atoms with van der Waals surface area (Å²) < 4.78 is 10.1. The van der Waals surface area contributed by atoms with Crippen LogP contribution < -0.4 is 0 Å². The smallest absolute Gasteiger partial charge is 0.364 e. The first-order valence-electron chi connectivity index (χ1n) is 15.7. The maximum Gasteiger partial charge on any atom is 0.364 e. The Hall–Kier alpha value is -1.50. The van der Waals surface area contributed by atoms with E-state index >= 15 is 0 Å². The molecule has 14 atom stereocenters. The number of hydrogen-bond donors (Lipinski definition) is 12. The Morgan fingerprint density at radius 1 is 0.680 bits per heavy atom. The minimum atomic E-state index is -2.76. The van der Waals surface area contributed by atoms with Crippen LogP contribution in [-0.4, -0.2) is 182 Å². The number of hydrogen-bond acceptors (Lipinski definition) is 18. The molecule has 2 rings (SSSR count). The molecule has 0 bridgehead atoms. The highest BCUT2D eigenvalue weighted by Gasteiger charge is 2.55. The van der Waals surface area contributed by atoms with E-state index in [2.05, 4.69) is 0 Å². The molecule has 20 heteroatoms. The summed E-state index contributed by atoms with van der Waals surface area (Å²) in [6.07, 6.45) is -11.1. The van der Waals surface area contributed by atoms with Crippen molar-refractivity contribution in [2.45, 2.75) is 99.9 Å². The molecule has 0 saturated carbocycles. The zero-order valence-electron chi connectivity index (χ0n) is 28.2. The summed E-state index contributed by atoms with van der Waals surface area (Å²) in [4.78, 5) is 47.0. The number of aliphatic hydroxyl groups is 10. The second kappa shape index (κ2) is 20.7. The minimum Gasteiger partial charge on any atom is -0.477 e. The number of carboxylic acids is 2. The van der Waals surface area contributed by atoms with Crippen molar-refractivity contribution in [1.29, 1.82) is 0 Å². The molecule has 2 saturated heterocycles. The van der Waals surface area contributed by atoms with Gasteiger partial charge in [-0.3, -0.25) is 9.59 Å². The number of carbonyl (C=O) groups is 4. The van der Waals surface area contributed by atoms with Crippen LogP contribution in [0.1, 0.15) is 39.5 Å². The molecule has 0 aromatic rings. The summed E-state index contributed by atoms with van der Waals surface area (Å²) >= 11 is 2.93. The van der Waals surface area contributed by atoms with Crippen molar-refractivity contribution in [3.63, 3.8) is 0 Å². The molecule has 0 spiro atoms. The van der Waals surface area contributed by atoms with E-state index in [1.54, 1.807) is 13.8 Å². The van der Waals surface area contributed by atoms with E-state index in [0.29, 0.717) is 11.5 Å². The Balaban J connectivity index is 0.000000500. The van der Waals surface area contributed by atoms with Crippen molar-refractivity contribution in [3.05, 3.63) is 0 Å². The molecule has 2 fully saturated rings. The van der Waals surface area contributed by atoms with Crippen molar-refractivity contribution in [1.82, 2.24) is 0 Å². The number of aliphatic carboxylic acids is 2. The fourth-order valence-corrected chi connectivity index (χ4v) is 7.03. The van der Waals surface area contributed by atoms with Gasteiger partial charge in [0, 0.05) is 60.9 Å². The van der Waals surface area contributed by atoms with Crippen LogP contribution in [0.25, 0.3) is 0 Å². The molecule has 2 aliphatic rings. The molecule has 18 nitrogen and oxygen atoms in total. The van der Waals surface area contributed by atoms with Gasteiger partial charge in [-0.15, -0.1) is 0 Å². The lowest BCUT2D eigenvalue weighted by molar-refractivity contribution is -0.304. The predicted molar refractivity (Wildman–Crippen MR) is 176 cm³/mol. The van der Waals surface area contributed by atoms with Gasteiger partial charge in [-0.25, -0.2) is 9.59 Å². The molecule has 12 N–H and O–H groups in total. The molecule has 0 aromatic heterocycles. The van der Waals surface area contributed by atoms with Gasteiger partial charge in [0.15, 0.2) is 0 Å². The molecular formula is C30H52O18S2. The lowest BCUT2D eigenvalue weighted by Gasteiger charge is -2.44. The number of thioether (sulfide) groups is 2. The average Bonchev–Trinajstić information content (AvgIpc) is 3.05. The van der Waals surface area contributed by atoms with Gasteiger partial charge in [-0.2, -0.15) is 23.5 Å². The van der Waals surface area contributed by atoms with Crippen molar-refractivity contribution >= 4 is 47.0 Å². The Labute approximate surface area is 297 Å². The molecule has 0 amide bonds. The van der Waals surface area contributed by atoms with Crippen LogP contribution in [-0.2, 0) is 28.7 Å². The second-order valence-corrected chi connectivity index (χ2v) is 14.6. The summed E-state index contributed by atoms with van der Waals surface area (Å²) in [5.74, 6) is -11.1. The standard InChI is InChI=1S/2C15H26O9S/c2*1-7(6-25-2)9(17)3-8-10(18)4-15(23,14(21)22)24-13(8)12(20)11(19)5-16/h2*7-8,10-13,16,18-20,23H,3-6H2,1-2H3,(H,21,22). The van der Waals surface area contributed by atoms with Gasteiger partial charge >= 0.3 is 11.9 Å². The Morgan fingerprint density at radius 3 is 1.22 bits per heavy atom. The fraction of sp³-hybridized carbons (Fsp3) is 0.867. The highest BCUT2D eigenvalue weighted by molar-refractivity contribution is 7.98. The number of ether oxygens (including phenoxy) is 2. The third-order valence-corrected chi connectivity index (χ3v) is 10.4. The van der Waals surface area contributed by atoms with E-state index in [4.69, 9.17) is 29.9 Å². The summed E-state index contributed by atoms with van der Waals surface area (Å²) in [7, 11) is 0. The Bertz CT molecular complexity index is 1030. The zero-order chi connectivity index (χ0) is 38.7. The first-order valence-corrected chi connectivity index (χ1v) is 18.5. The number of rotatable bonds is 18. The monoisotopic (exact) mass is 764 g/mol. The molecule has 2 aliphatic heterocycles. The van der Waals surface area contributed by atoms with Gasteiger partial charge in [0.1, 0.15) is 36.0 Å². The van der Waals surface area contributed by atoms with Crippen molar-refractivity contribution in [3.8, 4) is 0 Å². The highest BCUT2D eigenvalue weighted by Crippen LogP contribution is 2.38. The SMILES string of the molecule is CSCC(C)C(=O)CC1C(O)CC(O)(C(=O)O)OC1C(O)C(O)CO.CSCC(C)C(=O)CC1C(O)CC(O)(C(=O)O)OC1C(O)C(O)CO. The molecule has 0 aromatic carbocycles. The van der Waals surface area contributed by atoms with Gasteiger partial charge in [0.2, 0.25) is 0 Å². The van der Waals surface area contributed by atoms with E-state index in [1.807, 2.05) is 12.5 Å². The van der Waals surface area contributed by atoms with Gasteiger partial charge in [0.05, 0.1) is 37.6 Å². The first-order chi connectivity index (χ1) is 23.1. The summed E-state index contributed by atoms with van der Waals surface area (Å²) in [5.41, 5.74) is 0. The minimum absolute atomic E-state index is 0.224. The maximum atomic E-state index is 12.3. The third kappa shape index (κ3) is 12.3. The lowest BCUT2D eigenvalue weighted by Crippen LogP contribution is -2.61. The molecule has 292 valence electrons. The van der Waals surface area contributed by atoms with Crippen molar-refractivity contribution in [2.75, 3.05) is 37.2 Å². The number of carboxylic acid groups (broad SMARTS) is 2. The number of ketones is 2. The molecular weight excluding hydrogens is 712 g/mol. The van der Waals surface area contributed by atoms with Gasteiger partial charge < -0.3 is 70.8 Å². The van der Waals surface area contributed by atoms with Crippen LogP contribution in [0.5, 0.6) is 0 Å². The van der Waals surface area contributed by atoms with E-state index in [1.165, 1.54) is 23.5 Å². The largest absolute Gasteiger partial charge is 0.477 e. The first kappa shape index (κ1) is 46.5. The third-order valence-electron chi connectivity index (χ3n) is 8.78. The molecule has 14 unspecified atom stereocenters. The topological polar surface area (TPSA) is 330 Å². The van der Waals surface area contributed by atoms with Crippen molar-refractivity contribution in [2.24, 2.45) is 23.7 Å². The van der Waals surface area contributed by atoms with Gasteiger partial charge in [-0.1, -0.05) is 13.8 Å². The van der Waals surface area contributed by atoms with E-state index in [0.717, 1.165) is 0 Å². The van der Waals surface area contributed by atoms with Crippen LogP contribution >= 0.6 is 23.5 Å². The molecule has 0 aliphatic carbocycles. The highest BCUT2D eigenvalue weighted by atomic mass is 32.2. The van der Waals surface area contributed by atoms with E-state index < -0.39 is 110 Å². The summed E-state index contributed by atoms with van der Waals surface area (Å²) in [6.45, 7) is 1.73. The van der Waals surface area contributed by atoms with Gasteiger partial charge in [-0.05, 0) is 12.5 Å². The van der Waals surface area contributed by atoms with Crippen LogP contribution in [0.4, 0.5) is 0 Å². The van der Waals surface area contributed by atoms with E-state index in [-0.39, 0.29) is 36.2 Å². The second-order valence-electron chi connectivity index (χ2n) is 12.7. The predicted octanol–water partition coefficient (Wildman–Crippen LogP) is -3.60. The van der Waals surface area contributed by atoms with Crippen molar-refractivity contribution < 1.29 is 89.9 Å². The number of Topliss-reactive ketones (excluding diaryl/α,β-unsaturated/α-hetero) is 2. The van der Waals surface area contributed by atoms with Crippen LogP contribution in [0.3, 0.4) is 0 Å². The lowest BCUT2D eigenvalue weighted by atomic mass is 9.79. The fourth-order valence-electron chi connectivity index (χ4n) is 5.66. The van der Waals surface area contributed by atoms with E-state index in [9.17, 15) is 60.0 Å². The molecule has 0 radical (unpaired) electrons. The molecule has 50 heavy (non-hydrogen) atoms. The normalized spacial score (nSPS) is 33.5. The average molecular weight is 765 g/mol. The quantitative estimate of drug-likeness (QED) is 0.0641. The number of aliphatic hydroxyl groups excluding tert-OH is 8. The summed E-state index contributed by atoms with van der Waals surface area (Å²) in [5, 5.41) is 116. The number of carbonyl (C=O) groups excluding carboxylic acids is 2. The molecule has 2 heterocycles. The zero-order valence-corrected chi connectivity index (χ0v) is 29.9. The summed E-state index contributed by atoms with van der Waals surface area (Å²) in [6, 6.07) is 0. The maximum absolute atomic E-state index is 12.3. The Morgan fingerprint density at radius 2 is 0.980 bits per heavy atom. The van der Waals surface area contributed by atoms with Crippen LogP contribution in [0.15, 0.2) is 0 Å².